The van der Waals surface area contributed by atoms with Crippen molar-refractivity contribution in [3.63, 3.8) is 0 Å². The average Bonchev–Trinajstić information content (AvgIpc) is 3.04. The highest BCUT2D eigenvalue weighted by atomic mass is 16.6. The van der Waals surface area contributed by atoms with Gasteiger partial charge in [-0.1, -0.05) is 71.8 Å². The van der Waals surface area contributed by atoms with E-state index in [1.807, 2.05) is 62.4 Å². The van der Waals surface area contributed by atoms with Gasteiger partial charge in [-0.3, -0.25) is 24.1 Å². The molecule has 1 atom stereocenters. The maximum atomic E-state index is 13.3. The molecule has 4 rings (SSSR count). The van der Waals surface area contributed by atoms with E-state index in [1.54, 1.807) is 24.3 Å². The summed E-state index contributed by atoms with van der Waals surface area (Å²) in [6, 6.07) is 21.0. The Kier molecular flexibility index (Phi) is 5.88. The largest absolute Gasteiger partial charge is 0.277 e. The summed E-state index contributed by atoms with van der Waals surface area (Å²) in [6.07, 6.45) is 0. The van der Waals surface area contributed by atoms with Gasteiger partial charge in [0.1, 0.15) is 6.04 Å². The molecule has 1 N–H and O–H groups in total. The maximum Gasteiger partial charge on any atom is 0.267 e. The first kappa shape index (κ1) is 21.5. The first-order valence-corrected chi connectivity index (χ1v) is 10.3. The van der Waals surface area contributed by atoms with Gasteiger partial charge in [0.05, 0.1) is 18.2 Å². The smallest absolute Gasteiger partial charge is 0.267 e. The lowest BCUT2D eigenvalue weighted by Gasteiger charge is -2.32. The first-order valence-electron chi connectivity index (χ1n) is 10.3. The molecule has 0 saturated heterocycles. The third-order valence-electron chi connectivity index (χ3n) is 5.76. The zero-order valence-corrected chi connectivity index (χ0v) is 18.2. The fourth-order valence-electron chi connectivity index (χ4n) is 4.14. The van der Waals surface area contributed by atoms with Crippen LogP contribution in [0.1, 0.15) is 48.9 Å². The van der Waals surface area contributed by atoms with Crippen molar-refractivity contribution < 1.29 is 19.2 Å². The highest BCUT2D eigenvalue weighted by Gasteiger charge is 2.47. The molecule has 6 nitrogen and oxygen atoms in total. The van der Waals surface area contributed by atoms with Gasteiger partial charge in [-0.05, 0) is 37.1 Å². The maximum absolute atomic E-state index is 13.3. The number of rotatable bonds is 6. The highest BCUT2D eigenvalue weighted by molar-refractivity contribution is 6.23. The van der Waals surface area contributed by atoms with Crippen LogP contribution < -0.4 is 5.48 Å². The van der Waals surface area contributed by atoms with Crippen LogP contribution in [0.3, 0.4) is 0 Å². The predicted octanol–water partition coefficient (Wildman–Crippen LogP) is 3.78. The van der Waals surface area contributed by atoms with Gasteiger partial charge in [0.2, 0.25) is 0 Å². The van der Waals surface area contributed by atoms with Crippen molar-refractivity contribution in [3.05, 3.63) is 106 Å². The van der Waals surface area contributed by atoms with E-state index in [4.69, 9.17) is 4.84 Å². The number of hydrogen-bond acceptors (Lipinski definition) is 4. The second kappa shape index (κ2) is 8.77. The standard InChI is InChI=1S/C26H24N2O4/c1-16-8-12-18(13-9-16)22(19-14-10-17(2)11-15-19)23(24(29)27-32-3)28-25(30)20-6-4-5-7-21(20)26(28)31/h4-15,22-23H,1-3H3,(H,27,29)/t23-/m0/s1. The summed E-state index contributed by atoms with van der Waals surface area (Å²) in [6.45, 7) is 3.95. The number of hydrogen-bond donors (Lipinski definition) is 1. The molecule has 0 spiro atoms. The van der Waals surface area contributed by atoms with Crippen molar-refractivity contribution in [1.82, 2.24) is 10.4 Å². The third kappa shape index (κ3) is 3.81. The molecule has 1 aliphatic heterocycles. The summed E-state index contributed by atoms with van der Waals surface area (Å²) in [7, 11) is 1.32. The van der Waals surface area contributed by atoms with Gasteiger partial charge in [0, 0.05) is 5.92 Å². The van der Waals surface area contributed by atoms with Gasteiger partial charge < -0.3 is 0 Å². The quantitative estimate of drug-likeness (QED) is 0.479. The van der Waals surface area contributed by atoms with E-state index >= 15 is 0 Å². The van der Waals surface area contributed by atoms with Gasteiger partial charge in [-0.2, -0.15) is 0 Å². The lowest BCUT2D eigenvalue weighted by molar-refractivity contribution is -0.135. The number of benzene rings is 3. The van der Waals surface area contributed by atoms with Crippen LogP contribution in [-0.4, -0.2) is 35.8 Å². The molecule has 6 heteroatoms. The number of hydroxylamine groups is 1. The molecule has 0 unspecified atom stereocenters. The number of fused-ring (bicyclic) bond motifs is 1. The normalized spacial score (nSPS) is 13.9. The SMILES string of the molecule is CONC(=O)[C@H](C(c1ccc(C)cc1)c1ccc(C)cc1)N1C(=O)c2ccccc2C1=O. The molecular weight excluding hydrogens is 404 g/mol. The summed E-state index contributed by atoms with van der Waals surface area (Å²) < 4.78 is 0. The molecule has 0 aromatic heterocycles. The van der Waals surface area contributed by atoms with E-state index in [2.05, 4.69) is 5.48 Å². The molecule has 1 heterocycles. The Labute approximate surface area is 186 Å². The Morgan fingerprint density at radius 2 is 1.22 bits per heavy atom. The minimum absolute atomic E-state index is 0.291. The lowest BCUT2D eigenvalue weighted by Crippen LogP contribution is -2.52. The van der Waals surface area contributed by atoms with Crippen LogP contribution in [0.5, 0.6) is 0 Å². The Hall–Kier alpha value is -3.77. The second-order valence-electron chi connectivity index (χ2n) is 7.94. The molecular formula is C26H24N2O4. The molecule has 3 aromatic rings. The summed E-state index contributed by atoms with van der Waals surface area (Å²) in [5.41, 5.74) is 6.68. The second-order valence-corrected chi connectivity index (χ2v) is 7.94. The van der Waals surface area contributed by atoms with Gasteiger partial charge in [0.25, 0.3) is 17.7 Å². The van der Waals surface area contributed by atoms with Crippen molar-refractivity contribution in [2.45, 2.75) is 25.8 Å². The molecule has 0 bridgehead atoms. The number of carbonyl (C=O) groups is 3. The molecule has 3 amide bonds. The fourth-order valence-corrected chi connectivity index (χ4v) is 4.14. The number of amides is 3. The molecule has 0 radical (unpaired) electrons. The monoisotopic (exact) mass is 428 g/mol. The number of aryl methyl sites for hydroxylation is 2. The molecule has 32 heavy (non-hydrogen) atoms. The van der Waals surface area contributed by atoms with Crippen LogP contribution >= 0.6 is 0 Å². The fraction of sp³-hybridized carbons (Fsp3) is 0.192. The number of nitrogens with one attached hydrogen (secondary N) is 1. The topological polar surface area (TPSA) is 75.7 Å². The summed E-state index contributed by atoms with van der Waals surface area (Å²) in [5, 5.41) is 0. The van der Waals surface area contributed by atoms with E-state index in [-0.39, 0.29) is 0 Å². The van der Waals surface area contributed by atoms with Crippen LogP contribution in [0.4, 0.5) is 0 Å². The van der Waals surface area contributed by atoms with Crippen molar-refractivity contribution in [2.24, 2.45) is 0 Å². The van der Waals surface area contributed by atoms with Gasteiger partial charge >= 0.3 is 0 Å². The Morgan fingerprint density at radius 1 is 0.781 bits per heavy atom. The van der Waals surface area contributed by atoms with Crippen LogP contribution in [0.25, 0.3) is 0 Å². The van der Waals surface area contributed by atoms with E-state index in [0.717, 1.165) is 27.2 Å². The Morgan fingerprint density at radius 3 is 1.62 bits per heavy atom. The van der Waals surface area contributed by atoms with Gasteiger partial charge in [-0.15, -0.1) is 0 Å². The highest BCUT2D eigenvalue weighted by Crippen LogP contribution is 2.36. The lowest BCUT2D eigenvalue weighted by atomic mass is 9.83. The summed E-state index contributed by atoms with van der Waals surface area (Å²) in [4.78, 5) is 45.9. The van der Waals surface area contributed by atoms with Crippen LogP contribution in [-0.2, 0) is 9.63 Å². The molecule has 162 valence electrons. The van der Waals surface area contributed by atoms with E-state index in [9.17, 15) is 14.4 Å². The van der Waals surface area contributed by atoms with Gasteiger partial charge in [0.15, 0.2) is 0 Å². The van der Waals surface area contributed by atoms with Crippen molar-refractivity contribution in [3.8, 4) is 0 Å². The van der Waals surface area contributed by atoms with E-state index in [0.29, 0.717) is 11.1 Å². The minimum Gasteiger partial charge on any atom is -0.277 e. The molecule has 0 fully saturated rings. The number of nitrogens with zero attached hydrogens (tertiary/aromatic N) is 1. The number of imide groups is 1. The first-order chi connectivity index (χ1) is 15.4. The Balaban J connectivity index is 1.90. The van der Waals surface area contributed by atoms with Crippen LogP contribution in [0.15, 0.2) is 72.8 Å². The molecule has 0 saturated carbocycles. The number of carbonyl (C=O) groups excluding carboxylic acids is 3. The zero-order valence-electron chi connectivity index (χ0n) is 18.2. The van der Waals surface area contributed by atoms with Crippen molar-refractivity contribution >= 4 is 17.7 Å². The van der Waals surface area contributed by atoms with E-state index in [1.165, 1.54) is 7.11 Å². The molecule has 3 aromatic carbocycles. The zero-order chi connectivity index (χ0) is 22.8. The molecule has 0 aliphatic carbocycles. The summed E-state index contributed by atoms with van der Waals surface area (Å²) in [5.74, 6) is -2.15. The van der Waals surface area contributed by atoms with Crippen LogP contribution in [0.2, 0.25) is 0 Å². The van der Waals surface area contributed by atoms with Gasteiger partial charge in [-0.25, -0.2) is 5.48 Å². The van der Waals surface area contributed by atoms with E-state index < -0.39 is 29.7 Å². The minimum atomic E-state index is -1.15. The molecule has 1 aliphatic rings. The van der Waals surface area contributed by atoms with Crippen molar-refractivity contribution in [1.29, 1.82) is 0 Å². The Bertz CT molecular complexity index is 1090. The van der Waals surface area contributed by atoms with Crippen LogP contribution in [0, 0.1) is 13.8 Å². The van der Waals surface area contributed by atoms with Crippen molar-refractivity contribution in [2.75, 3.05) is 7.11 Å². The summed E-state index contributed by atoms with van der Waals surface area (Å²) >= 11 is 0. The third-order valence-corrected chi connectivity index (χ3v) is 5.76. The predicted molar refractivity (Wildman–Crippen MR) is 120 cm³/mol. The average molecular weight is 428 g/mol.